The molecule has 0 radical (unpaired) electrons. The Morgan fingerprint density at radius 2 is 2.05 bits per heavy atom. The van der Waals surface area contributed by atoms with Crippen molar-refractivity contribution in [2.45, 2.75) is 76.5 Å². The molecule has 0 aromatic rings. The van der Waals surface area contributed by atoms with E-state index in [-0.39, 0.29) is 23.7 Å². The average molecular weight is 268 g/mol. The third-order valence-electron chi connectivity index (χ3n) is 4.50. The monoisotopic (exact) mass is 268 g/mol. The molecule has 0 aromatic heterocycles. The van der Waals surface area contributed by atoms with Crippen LogP contribution in [0.2, 0.25) is 0 Å². The average Bonchev–Trinajstić information content (AvgIpc) is 2.80. The minimum atomic E-state index is -0.133. The van der Waals surface area contributed by atoms with E-state index in [1.165, 1.54) is 38.5 Å². The van der Waals surface area contributed by atoms with Crippen molar-refractivity contribution in [2.75, 3.05) is 13.1 Å². The highest BCUT2D eigenvalue weighted by atomic mass is 16.5. The van der Waals surface area contributed by atoms with E-state index < -0.39 is 0 Å². The van der Waals surface area contributed by atoms with Gasteiger partial charge in [-0.3, -0.25) is 4.79 Å². The van der Waals surface area contributed by atoms with E-state index >= 15 is 0 Å². The first kappa shape index (κ1) is 14.8. The van der Waals surface area contributed by atoms with Gasteiger partial charge in [0, 0.05) is 13.1 Å². The van der Waals surface area contributed by atoms with Gasteiger partial charge in [0.05, 0.1) is 17.7 Å². The summed E-state index contributed by atoms with van der Waals surface area (Å²) in [6, 6.07) is -0.133. The lowest BCUT2D eigenvalue weighted by molar-refractivity contribution is -0.122. The van der Waals surface area contributed by atoms with Gasteiger partial charge in [-0.05, 0) is 39.5 Å². The maximum Gasteiger partial charge on any atom is 0.236 e. The van der Waals surface area contributed by atoms with Crippen LogP contribution in [0.4, 0.5) is 0 Å². The quantitative estimate of drug-likeness (QED) is 0.801. The Kier molecular flexibility index (Phi) is 5.22. The molecule has 0 aromatic carbocycles. The number of hydrogen-bond acceptors (Lipinski definition) is 3. The highest BCUT2D eigenvalue weighted by Gasteiger charge is 2.40. The Morgan fingerprint density at radius 1 is 1.32 bits per heavy atom. The zero-order chi connectivity index (χ0) is 13.7. The van der Waals surface area contributed by atoms with Crippen molar-refractivity contribution in [1.29, 1.82) is 0 Å². The van der Waals surface area contributed by atoms with E-state index in [9.17, 15) is 4.79 Å². The van der Waals surface area contributed by atoms with Crippen LogP contribution in [-0.4, -0.2) is 36.7 Å². The van der Waals surface area contributed by atoms with Crippen LogP contribution in [0.3, 0.4) is 0 Å². The molecule has 2 atom stereocenters. The molecule has 2 unspecified atom stereocenters. The van der Waals surface area contributed by atoms with Crippen LogP contribution < -0.4 is 10.6 Å². The Hall–Kier alpha value is -0.610. The lowest BCUT2D eigenvalue weighted by Crippen LogP contribution is -2.45. The standard InChI is InChI=1S/C15H28N2O2/c1-3-16-14(18)12(2)17-11-13-7-10-15(19-13)8-5-4-6-9-15/h12-13,17H,3-11H2,1-2H3,(H,16,18). The fourth-order valence-electron chi connectivity index (χ4n) is 3.33. The number of nitrogens with one attached hydrogen (secondary N) is 2. The Bertz CT molecular complexity index is 301. The van der Waals surface area contributed by atoms with E-state index in [0.29, 0.717) is 6.54 Å². The molecule has 110 valence electrons. The summed E-state index contributed by atoms with van der Waals surface area (Å²) in [4.78, 5) is 11.6. The summed E-state index contributed by atoms with van der Waals surface area (Å²) in [6.45, 7) is 5.34. The van der Waals surface area contributed by atoms with Crippen molar-refractivity contribution < 1.29 is 9.53 Å². The molecule has 1 aliphatic carbocycles. The summed E-state index contributed by atoms with van der Waals surface area (Å²) in [6.07, 6.45) is 9.08. The summed E-state index contributed by atoms with van der Waals surface area (Å²) >= 11 is 0. The molecule has 1 aliphatic heterocycles. The second kappa shape index (κ2) is 6.71. The predicted molar refractivity (Wildman–Crippen MR) is 76.1 cm³/mol. The smallest absolute Gasteiger partial charge is 0.236 e. The number of likely N-dealkylation sites (N-methyl/N-ethyl adjacent to an activating group) is 1. The van der Waals surface area contributed by atoms with E-state index in [4.69, 9.17) is 4.74 Å². The second-order valence-electron chi connectivity index (χ2n) is 6.05. The van der Waals surface area contributed by atoms with Crippen LogP contribution in [0, 0.1) is 0 Å². The summed E-state index contributed by atoms with van der Waals surface area (Å²) in [5, 5.41) is 6.13. The summed E-state index contributed by atoms with van der Waals surface area (Å²) in [7, 11) is 0. The van der Waals surface area contributed by atoms with Crippen LogP contribution in [0.5, 0.6) is 0 Å². The SMILES string of the molecule is CCNC(=O)C(C)NCC1CCC2(CCCCC2)O1. The van der Waals surface area contributed by atoms with Crippen molar-refractivity contribution in [2.24, 2.45) is 0 Å². The number of carbonyl (C=O) groups is 1. The van der Waals surface area contributed by atoms with Gasteiger partial charge in [-0.2, -0.15) is 0 Å². The van der Waals surface area contributed by atoms with Crippen molar-refractivity contribution >= 4 is 5.91 Å². The number of ether oxygens (including phenoxy) is 1. The lowest BCUT2D eigenvalue weighted by atomic mass is 9.83. The van der Waals surface area contributed by atoms with Crippen molar-refractivity contribution in [3.8, 4) is 0 Å². The second-order valence-corrected chi connectivity index (χ2v) is 6.05. The summed E-state index contributed by atoms with van der Waals surface area (Å²) < 4.78 is 6.29. The predicted octanol–water partition coefficient (Wildman–Crippen LogP) is 1.98. The van der Waals surface area contributed by atoms with Crippen LogP contribution in [-0.2, 0) is 9.53 Å². The van der Waals surface area contributed by atoms with Gasteiger partial charge >= 0.3 is 0 Å². The van der Waals surface area contributed by atoms with Crippen LogP contribution in [0.15, 0.2) is 0 Å². The molecular weight excluding hydrogens is 240 g/mol. The largest absolute Gasteiger partial charge is 0.370 e. The topological polar surface area (TPSA) is 50.4 Å². The number of hydrogen-bond donors (Lipinski definition) is 2. The minimum Gasteiger partial charge on any atom is -0.370 e. The normalized spacial score (nSPS) is 27.4. The summed E-state index contributed by atoms with van der Waals surface area (Å²) in [5.74, 6) is 0.0767. The fourth-order valence-corrected chi connectivity index (χ4v) is 3.33. The molecular formula is C15H28N2O2. The first-order chi connectivity index (χ1) is 9.15. The molecule has 1 amide bonds. The van der Waals surface area contributed by atoms with Crippen molar-refractivity contribution in [3.05, 3.63) is 0 Å². The van der Waals surface area contributed by atoms with Gasteiger partial charge < -0.3 is 15.4 Å². The Balaban J connectivity index is 1.71. The van der Waals surface area contributed by atoms with E-state index in [0.717, 1.165) is 13.0 Å². The molecule has 2 rings (SSSR count). The van der Waals surface area contributed by atoms with Gasteiger partial charge in [0.25, 0.3) is 0 Å². The zero-order valence-electron chi connectivity index (χ0n) is 12.3. The maximum absolute atomic E-state index is 11.6. The lowest BCUT2D eigenvalue weighted by Gasteiger charge is -2.33. The minimum absolute atomic E-state index is 0.0767. The molecule has 0 bridgehead atoms. The van der Waals surface area contributed by atoms with Crippen LogP contribution >= 0.6 is 0 Å². The van der Waals surface area contributed by atoms with Gasteiger partial charge in [-0.25, -0.2) is 0 Å². The molecule has 1 saturated heterocycles. The first-order valence-electron chi connectivity index (χ1n) is 7.84. The van der Waals surface area contributed by atoms with Gasteiger partial charge in [0.1, 0.15) is 0 Å². The molecule has 19 heavy (non-hydrogen) atoms. The van der Waals surface area contributed by atoms with Crippen molar-refractivity contribution in [3.63, 3.8) is 0 Å². The molecule has 4 nitrogen and oxygen atoms in total. The van der Waals surface area contributed by atoms with E-state index in [2.05, 4.69) is 10.6 Å². The molecule has 4 heteroatoms. The van der Waals surface area contributed by atoms with Crippen LogP contribution in [0.1, 0.15) is 58.8 Å². The molecule has 2 aliphatic rings. The van der Waals surface area contributed by atoms with Gasteiger partial charge in [0.2, 0.25) is 5.91 Å². The van der Waals surface area contributed by atoms with Gasteiger partial charge in [-0.1, -0.05) is 19.3 Å². The molecule has 2 fully saturated rings. The third kappa shape index (κ3) is 3.93. The zero-order valence-corrected chi connectivity index (χ0v) is 12.3. The Labute approximate surface area is 116 Å². The summed E-state index contributed by atoms with van der Waals surface area (Å²) in [5.41, 5.74) is 0.180. The Morgan fingerprint density at radius 3 is 2.74 bits per heavy atom. The molecule has 1 spiro atoms. The highest BCUT2D eigenvalue weighted by Crippen LogP contribution is 2.41. The number of rotatable bonds is 5. The molecule has 1 saturated carbocycles. The van der Waals surface area contributed by atoms with Gasteiger partial charge in [0.15, 0.2) is 0 Å². The number of carbonyl (C=O) groups excluding carboxylic acids is 1. The fraction of sp³-hybridized carbons (Fsp3) is 0.933. The number of amides is 1. The molecule has 2 N–H and O–H groups in total. The van der Waals surface area contributed by atoms with E-state index in [1.807, 2.05) is 13.8 Å². The highest BCUT2D eigenvalue weighted by molar-refractivity contribution is 5.81. The maximum atomic E-state index is 11.6. The van der Waals surface area contributed by atoms with E-state index in [1.54, 1.807) is 0 Å². The third-order valence-corrected chi connectivity index (χ3v) is 4.50. The van der Waals surface area contributed by atoms with Crippen molar-refractivity contribution in [1.82, 2.24) is 10.6 Å². The first-order valence-corrected chi connectivity index (χ1v) is 7.84. The van der Waals surface area contributed by atoms with Gasteiger partial charge in [-0.15, -0.1) is 0 Å². The van der Waals surface area contributed by atoms with Crippen LogP contribution in [0.25, 0.3) is 0 Å². The molecule has 1 heterocycles.